The van der Waals surface area contributed by atoms with Gasteiger partial charge in [-0.3, -0.25) is 9.59 Å². The van der Waals surface area contributed by atoms with Gasteiger partial charge in [0, 0.05) is 41.6 Å². The molecule has 2 unspecified atom stereocenters. The Morgan fingerprint density at radius 1 is 1.11 bits per heavy atom. The second-order valence-corrected chi connectivity index (χ2v) is 8.86. The molecule has 2 aromatic carbocycles. The number of pyridine rings is 1. The van der Waals surface area contributed by atoms with Crippen molar-refractivity contribution in [3.05, 3.63) is 94.8 Å². The van der Waals surface area contributed by atoms with E-state index in [4.69, 9.17) is 10.1 Å². The number of carbonyl (C=O) groups excluding carboxylic acids is 2. The number of rotatable bonds is 7. The average Bonchev–Trinajstić information content (AvgIpc) is 3.36. The first-order valence-corrected chi connectivity index (χ1v) is 11.7. The van der Waals surface area contributed by atoms with Crippen molar-refractivity contribution < 1.29 is 19.1 Å². The Hall–Kier alpha value is -4.00. The quantitative estimate of drug-likeness (QED) is 0.244. The molecule has 2 atom stereocenters. The summed E-state index contributed by atoms with van der Waals surface area (Å²) >= 11 is 0. The molecular formula is C28H29N3O4. The predicted molar refractivity (Wildman–Crippen MR) is 133 cm³/mol. The summed E-state index contributed by atoms with van der Waals surface area (Å²) in [6, 6.07) is 19.5. The SMILES string of the molecule is COC(=O)C(Cc1cccc(C(C)=N)c1)C1CCCN1C(=O)c1ccc(-c2cccc[n+]2[O-])cc1. The minimum atomic E-state index is -0.504. The van der Waals surface area contributed by atoms with Crippen molar-refractivity contribution in [3.8, 4) is 11.3 Å². The van der Waals surface area contributed by atoms with Crippen LogP contribution in [0.15, 0.2) is 72.9 Å². The number of nitrogens with zero attached hydrogens (tertiary/aromatic N) is 2. The first-order valence-electron chi connectivity index (χ1n) is 11.7. The normalized spacial score (nSPS) is 16.1. The molecule has 1 aromatic heterocycles. The molecule has 180 valence electrons. The summed E-state index contributed by atoms with van der Waals surface area (Å²) in [5.74, 6) is -0.984. The number of hydrogen-bond donors (Lipinski definition) is 1. The molecular weight excluding hydrogens is 442 g/mol. The van der Waals surface area contributed by atoms with Crippen LogP contribution in [-0.2, 0) is 16.0 Å². The highest BCUT2D eigenvalue weighted by Crippen LogP contribution is 2.30. The Labute approximate surface area is 205 Å². The lowest BCUT2D eigenvalue weighted by Gasteiger charge is -2.30. The van der Waals surface area contributed by atoms with Crippen molar-refractivity contribution in [2.45, 2.75) is 32.2 Å². The largest absolute Gasteiger partial charge is 0.618 e. The minimum absolute atomic E-state index is 0.139. The van der Waals surface area contributed by atoms with E-state index in [9.17, 15) is 14.8 Å². The van der Waals surface area contributed by atoms with Gasteiger partial charge in [-0.15, -0.1) is 0 Å². The number of ether oxygens (including phenoxy) is 1. The average molecular weight is 472 g/mol. The van der Waals surface area contributed by atoms with Gasteiger partial charge in [-0.1, -0.05) is 18.2 Å². The number of methoxy groups -OCH3 is 1. The summed E-state index contributed by atoms with van der Waals surface area (Å²) in [6.07, 6.45) is 3.39. The van der Waals surface area contributed by atoms with Gasteiger partial charge in [0.25, 0.3) is 5.91 Å². The fourth-order valence-corrected chi connectivity index (χ4v) is 4.78. The van der Waals surface area contributed by atoms with Gasteiger partial charge in [0.05, 0.1) is 13.0 Å². The van der Waals surface area contributed by atoms with Crippen molar-refractivity contribution in [1.29, 1.82) is 5.41 Å². The van der Waals surface area contributed by atoms with Crippen LogP contribution in [0.1, 0.15) is 41.3 Å². The molecule has 7 heteroatoms. The number of likely N-dealkylation sites (tertiary alicyclic amines) is 1. The molecule has 1 aliphatic heterocycles. The van der Waals surface area contributed by atoms with Crippen LogP contribution < -0.4 is 4.73 Å². The van der Waals surface area contributed by atoms with Gasteiger partial charge in [0.15, 0.2) is 6.20 Å². The summed E-state index contributed by atoms with van der Waals surface area (Å²) in [5, 5.41) is 20.0. The zero-order valence-electron chi connectivity index (χ0n) is 19.9. The van der Waals surface area contributed by atoms with Crippen LogP contribution in [0.3, 0.4) is 0 Å². The molecule has 0 saturated carbocycles. The maximum Gasteiger partial charge on any atom is 0.311 e. The zero-order chi connectivity index (χ0) is 24.9. The van der Waals surface area contributed by atoms with Gasteiger partial charge in [0.2, 0.25) is 5.69 Å². The number of nitrogens with one attached hydrogen (secondary N) is 1. The number of carbonyl (C=O) groups is 2. The molecule has 4 rings (SSSR count). The van der Waals surface area contributed by atoms with E-state index in [1.54, 1.807) is 54.3 Å². The molecule has 1 saturated heterocycles. The predicted octanol–water partition coefficient (Wildman–Crippen LogP) is 4.01. The lowest BCUT2D eigenvalue weighted by Crippen LogP contribution is -2.44. The van der Waals surface area contributed by atoms with E-state index in [-0.39, 0.29) is 17.9 Å². The Morgan fingerprint density at radius 2 is 1.89 bits per heavy atom. The van der Waals surface area contributed by atoms with E-state index < -0.39 is 5.92 Å². The van der Waals surface area contributed by atoms with Gasteiger partial charge in [-0.05, 0) is 73.7 Å². The second kappa shape index (κ2) is 10.5. The second-order valence-electron chi connectivity index (χ2n) is 8.86. The van der Waals surface area contributed by atoms with E-state index in [1.807, 2.05) is 24.3 Å². The minimum Gasteiger partial charge on any atom is -0.618 e. The van der Waals surface area contributed by atoms with Crippen LogP contribution in [0.25, 0.3) is 11.3 Å². The molecule has 7 nitrogen and oxygen atoms in total. The molecule has 1 amide bonds. The lowest BCUT2D eigenvalue weighted by atomic mass is 9.89. The smallest absolute Gasteiger partial charge is 0.311 e. The van der Waals surface area contributed by atoms with Gasteiger partial charge in [0.1, 0.15) is 0 Å². The monoisotopic (exact) mass is 471 g/mol. The molecule has 1 N–H and O–H groups in total. The van der Waals surface area contributed by atoms with E-state index in [0.717, 1.165) is 27.8 Å². The summed E-state index contributed by atoms with van der Waals surface area (Å²) < 4.78 is 5.93. The van der Waals surface area contributed by atoms with Crippen molar-refractivity contribution in [1.82, 2.24) is 4.90 Å². The van der Waals surface area contributed by atoms with Crippen LogP contribution >= 0.6 is 0 Å². The van der Waals surface area contributed by atoms with Gasteiger partial charge >= 0.3 is 5.97 Å². The third-order valence-corrected chi connectivity index (χ3v) is 6.60. The number of amides is 1. The van der Waals surface area contributed by atoms with Crippen LogP contribution in [0.5, 0.6) is 0 Å². The highest BCUT2D eigenvalue weighted by Gasteiger charge is 2.39. The molecule has 0 radical (unpaired) electrons. The molecule has 1 fully saturated rings. The Morgan fingerprint density at radius 3 is 2.57 bits per heavy atom. The van der Waals surface area contributed by atoms with Crippen molar-refractivity contribution in [3.63, 3.8) is 0 Å². The molecule has 35 heavy (non-hydrogen) atoms. The van der Waals surface area contributed by atoms with Crippen molar-refractivity contribution >= 4 is 17.6 Å². The third kappa shape index (κ3) is 5.24. The summed E-state index contributed by atoms with van der Waals surface area (Å²) in [7, 11) is 1.37. The van der Waals surface area contributed by atoms with E-state index in [0.29, 0.717) is 36.4 Å². The standard InChI is InChI=1S/C28H29N3O4/c1-19(29)23-8-5-7-20(17-23)18-24(28(33)35-2)26-10-6-15-30(26)27(32)22-13-11-21(12-14-22)25-9-3-4-16-31(25)34/h3-5,7-9,11-14,16-17,24,26,29H,6,10,15,18H2,1-2H3. The first kappa shape index (κ1) is 24.1. The number of esters is 1. The molecule has 0 spiro atoms. The highest BCUT2D eigenvalue weighted by molar-refractivity contribution is 5.96. The van der Waals surface area contributed by atoms with Crippen LogP contribution in [0.4, 0.5) is 0 Å². The molecule has 0 bridgehead atoms. The van der Waals surface area contributed by atoms with Gasteiger partial charge in [-0.25, -0.2) is 0 Å². The molecule has 1 aliphatic rings. The summed E-state index contributed by atoms with van der Waals surface area (Å²) in [6.45, 7) is 2.30. The summed E-state index contributed by atoms with van der Waals surface area (Å²) in [4.78, 5) is 28.1. The van der Waals surface area contributed by atoms with E-state index in [1.165, 1.54) is 13.3 Å². The van der Waals surface area contributed by atoms with E-state index in [2.05, 4.69) is 0 Å². The van der Waals surface area contributed by atoms with Gasteiger partial charge in [-0.2, -0.15) is 4.73 Å². The Balaban J connectivity index is 1.57. The fourth-order valence-electron chi connectivity index (χ4n) is 4.78. The van der Waals surface area contributed by atoms with Gasteiger partial charge < -0.3 is 20.3 Å². The molecule has 3 aromatic rings. The molecule has 2 heterocycles. The Bertz CT molecular complexity index is 1240. The Kier molecular flexibility index (Phi) is 7.25. The fraction of sp³-hybridized carbons (Fsp3) is 0.286. The number of benzene rings is 2. The van der Waals surface area contributed by atoms with E-state index >= 15 is 0 Å². The topological polar surface area (TPSA) is 97.4 Å². The van der Waals surface area contributed by atoms with Crippen molar-refractivity contribution in [2.24, 2.45) is 5.92 Å². The number of hydrogen-bond acceptors (Lipinski definition) is 5. The molecule has 0 aliphatic carbocycles. The highest BCUT2D eigenvalue weighted by atomic mass is 16.5. The maximum absolute atomic E-state index is 13.5. The zero-order valence-corrected chi connectivity index (χ0v) is 19.9. The lowest BCUT2D eigenvalue weighted by molar-refractivity contribution is -0.593. The van der Waals surface area contributed by atoms with Crippen molar-refractivity contribution in [2.75, 3.05) is 13.7 Å². The van der Waals surface area contributed by atoms with Crippen LogP contribution in [0.2, 0.25) is 0 Å². The van der Waals surface area contributed by atoms with Crippen LogP contribution in [0, 0.1) is 16.5 Å². The third-order valence-electron chi connectivity index (χ3n) is 6.60. The number of aromatic nitrogens is 1. The first-order chi connectivity index (χ1) is 16.9. The maximum atomic E-state index is 13.5. The summed E-state index contributed by atoms with van der Waals surface area (Å²) in [5.41, 5.74) is 3.95. The van der Waals surface area contributed by atoms with Crippen LogP contribution in [-0.4, -0.2) is 42.2 Å².